The maximum Gasteiger partial charge on any atom is 0.143 e. The molecule has 0 N–H and O–H groups in total. The van der Waals surface area contributed by atoms with Gasteiger partial charge in [0.2, 0.25) is 0 Å². The fourth-order valence-corrected chi connectivity index (χ4v) is 3.55. The van der Waals surface area contributed by atoms with Crippen LogP contribution >= 0.6 is 0 Å². The molecule has 0 saturated heterocycles. The summed E-state index contributed by atoms with van der Waals surface area (Å²) in [4.78, 5) is 0. The molecule has 0 bridgehead atoms. The largest absolute Gasteiger partial charge is 0.455 e. The van der Waals surface area contributed by atoms with Gasteiger partial charge in [0.25, 0.3) is 0 Å². The summed E-state index contributed by atoms with van der Waals surface area (Å²) in [5.74, 6) is 0. The van der Waals surface area contributed by atoms with Crippen LogP contribution in [-0.2, 0) is 5.41 Å². The lowest BCUT2D eigenvalue weighted by Crippen LogP contribution is -2.12. The van der Waals surface area contributed by atoms with Gasteiger partial charge < -0.3 is 4.42 Å². The van der Waals surface area contributed by atoms with Crippen molar-refractivity contribution in [3.63, 3.8) is 0 Å². The molecule has 4 aromatic rings. The highest BCUT2D eigenvalue weighted by atomic mass is 16.3. The lowest BCUT2D eigenvalue weighted by molar-refractivity contribution is 0.592. The van der Waals surface area contributed by atoms with E-state index >= 15 is 0 Å². The van der Waals surface area contributed by atoms with E-state index in [1.807, 2.05) is 0 Å². The number of hydrogen-bond acceptors (Lipinski definition) is 1. The van der Waals surface area contributed by atoms with Gasteiger partial charge in [0.05, 0.1) is 0 Å². The Morgan fingerprint density at radius 2 is 1.29 bits per heavy atom. The standard InChI is InChI=1S/C23H22O/c1-15-9-7-11-18-19-13-8-12-17(22(19)24-21(15)18)16-10-5-6-14-20(16)23(2,3)4/h5-14H,1-4H3. The summed E-state index contributed by atoms with van der Waals surface area (Å²) in [6.07, 6.45) is 0. The SMILES string of the molecule is Cc1cccc2c1oc1c(-c3ccccc3C(C)(C)C)cccc12. The van der Waals surface area contributed by atoms with E-state index < -0.39 is 0 Å². The Balaban J connectivity index is 2.10. The molecule has 120 valence electrons. The number of benzene rings is 3. The summed E-state index contributed by atoms with van der Waals surface area (Å²) >= 11 is 0. The molecule has 1 aromatic heterocycles. The van der Waals surface area contributed by atoms with E-state index in [4.69, 9.17) is 4.42 Å². The van der Waals surface area contributed by atoms with Crippen LogP contribution in [0.4, 0.5) is 0 Å². The molecule has 0 spiro atoms. The molecule has 0 aliphatic carbocycles. The maximum atomic E-state index is 6.34. The van der Waals surface area contributed by atoms with Crippen molar-refractivity contribution >= 4 is 21.9 Å². The first-order chi connectivity index (χ1) is 11.5. The van der Waals surface area contributed by atoms with Crippen LogP contribution in [0.3, 0.4) is 0 Å². The van der Waals surface area contributed by atoms with E-state index in [2.05, 4.69) is 88.4 Å². The van der Waals surface area contributed by atoms with E-state index in [1.165, 1.54) is 33.0 Å². The smallest absolute Gasteiger partial charge is 0.143 e. The molecule has 3 aromatic carbocycles. The Kier molecular flexibility index (Phi) is 3.28. The minimum Gasteiger partial charge on any atom is -0.455 e. The Bertz CT molecular complexity index is 1040. The number of furan rings is 1. The first-order valence-electron chi connectivity index (χ1n) is 8.47. The van der Waals surface area contributed by atoms with Gasteiger partial charge in [0, 0.05) is 16.3 Å². The molecular formula is C23H22O. The molecule has 1 heterocycles. The van der Waals surface area contributed by atoms with Crippen molar-refractivity contribution in [2.45, 2.75) is 33.1 Å². The first-order valence-corrected chi connectivity index (χ1v) is 8.47. The zero-order chi connectivity index (χ0) is 16.9. The minimum atomic E-state index is 0.0840. The normalized spacial score (nSPS) is 12.2. The van der Waals surface area contributed by atoms with Gasteiger partial charge in [0.1, 0.15) is 11.2 Å². The van der Waals surface area contributed by atoms with Gasteiger partial charge in [-0.3, -0.25) is 0 Å². The highest BCUT2D eigenvalue weighted by molar-refractivity contribution is 6.10. The fourth-order valence-electron chi connectivity index (χ4n) is 3.55. The van der Waals surface area contributed by atoms with Gasteiger partial charge >= 0.3 is 0 Å². The quantitative estimate of drug-likeness (QED) is 0.374. The third kappa shape index (κ3) is 2.24. The van der Waals surface area contributed by atoms with Gasteiger partial charge in [-0.25, -0.2) is 0 Å². The van der Waals surface area contributed by atoms with Crippen LogP contribution in [0, 0.1) is 6.92 Å². The number of rotatable bonds is 1. The molecule has 0 saturated carbocycles. The van der Waals surface area contributed by atoms with Crippen LogP contribution in [0.5, 0.6) is 0 Å². The summed E-state index contributed by atoms with van der Waals surface area (Å²) in [7, 11) is 0. The molecule has 24 heavy (non-hydrogen) atoms. The maximum absolute atomic E-state index is 6.34. The lowest BCUT2D eigenvalue weighted by atomic mass is 9.81. The topological polar surface area (TPSA) is 13.1 Å². The molecule has 0 radical (unpaired) electrons. The average molecular weight is 314 g/mol. The molecule has 0 fully saturated rings. The predicted molar refractivity (Wildman–Crippen MR) is 103 cm³/mol. The van der Waals surface area contributed by atoms with Gasteiger partial charge in [-0.2, -0.15) is 0 Å². The lowest BCUT2D eigenvalue weighted by Gasteiger charge is -2.23. The van der Waals surface area contributed by atoms with E-state index in [-0.39, 0.29) is 5.41 Å². The second-order valence-corrected chi connectivity index (χ2v) is 7.53. The molecule has 1 heteroatoms. The van der Waals surface area contributed by atoms with Crippen molar-refractivity contribution in [2.75, 3.05) is 0 Å². The van der Waals surface area contributed by atoms with Crippen LogP contribution in [0.1, 0.15) is 31.9 Å². The van der Waals surface area contributed by atoms with Crippen LogP contribution in [0.2, 0.25) is 0 Å². The Morgan fingerprint density at radius 3 is 2.04 bits per heavy atom. The molecule has 0 aliphatic rings. The van der Waals surface area contributed by atoms with Crippen molar-refractivity contribution < 1.29 is 4.42 Å². The van der Waals surface area contributed by atoms with Crippen LogP contribution < -0.4 is 0 Å². The second-order valence-electron chi connectivity index (χ2n) is 7.53. The highest BCUT2D eigenvalue weighted by Gasteiger charge is 2.21. The summed E-state index contributed by atoms with van der Waals surface area (Å²) in [6, 6.07) is 21.5. The van der Waals surface area contributed by atoms with E-state index in [1.54, 1.807) is 0 Å². The van der Waals surface area contributed by atoms with E-state index in [0.29, 0.717) is 0 Å². The van der Waals surface area contributed by atoms with Crippen LogP contribution in [-0.4, -0.2) is 0 Å². The van der Waals surface area contributed by atoms with Crippen molar-refractivity contribution in [3.05, 3.63) is 71.8 Å². The number of para-hydroxylation sites is 2. The third-order valence-corrected chi connectivity index (χ3v) is 4.75. The number of aryl methyl sites for hydroxylation is 1. The van der Waals surface area contributed by atoms with Crippen molar-refractivity contribution in [1.82, 2.24) is 0 Å². The molecule has 1 nitrogen and oxygen atoms in total. The van der Waals surface area contributed by atoms with Crippen molar-refractivity contribution in [1.29, 1.82) is 0 Å². The van der Waals surface area contributed by atoms with Crippen molar-refractivity contribution in [3.8, 4) is 11.1 Å². The Hall–Kier alpha value is -2.54. The second kappa shape index (κ2) is 5.24. The summed E-state index contributed by atoms with van der Waals surface area (Å²) in [5, 5.41) is 2.38. The van der Waals surface area contributed by atoms with E-state index in [9.17, 15) is 0 Å². The highest BCUT2D eigenvalue weighted by Crippen LogP contribution is 2.40. The van der Waals surface area contributed by atoms with Gasteiger partial charge in [-0.15, -0.1) is 0 Å². The molecule has 0 unspecified atom stereocenters. The van der Waals surface area contributed by atoms with Gasteiger partial charge in [0.15, 0.2) is 0 Å². The molecule has 4 rings (SSSR count). The van der Waals surface area contributed by atoms with Gasteiger partial charge in [-0.1, -0.05) is 81.4 Å². The third-order valence-electron chi connectivity index (χ3n) is 4.75. The zero-order valence-electron chi connectivity index (χ0n) is 14.7. The molecular weight excluding hydrogens is 292 g/mol. The molecule has 0 atom stereocenters. The van der Waals surface area contributed by atoms with E-state index in [0.717, 1.165) is 11.2 Å². The van der Waals surface area contributed by atoms with Crippen molar-refractivity contribution in [2.24, 2.45) is 0 Å². The van der Waals surface area contributed by atoms with Crippen LogP contribution in [0.25, 0.3) is 33.1 Å². The van der Waals surface area contributed by atoms with Gasteiger partial charge in [-0.05, 0) is 29.0 Å². The number of hydrogen-bond donors (Lipinski definition) is 0. The zero-order valence-corrected chi connectivity index (χ0v) is 14.7. The first kappa shape index (κ1) is 15.0. The number of fused-ring (bicyclic) bond motifs is 3. The molecule has 0 amide bonds. The Labute approximate surface area is 142 Å². The summed E-state index contributed by atoms with van der Waals surface area (Å²) < 4.78 is 6.34. The minimum absolute atomic E-state index is 0.0840. The fraction of sp³-hybridized carbons (Fsp3) is 0.217. The monoisotopic (exact) mass is 314 g/mol. The Morgan fingerprint density at radius 1 is 0.667 bits per heavy atom. The predicted octanol–water partition coefficient (Wildman–Crippen LogP) is 6.86. The average Bonchev–Trinajstić information content (AvgIpc) is 2.94. The summed E-state index contributed by atoms with van der Waals surface area (Å²) in [5.41, 5.74) is 7.02. The van der Waals surface area contributed by atoms with Crippen LogP contribution in [0.15, 0.2) is 65.1 Å². The summed E-state index contributed by atoms with van der Waals surface area (Å²) in [6.45, 7) is 8.88. The molecule has 0 aliphatic heterocycles.